The molecule has 0 atom stereocenters. The molecule has 0 radical (unpaired) electrons. The average molecular weight is 398 g/mol. The summed E-state index contributed by atoms with van der Waals surface area (Å²) in [6, 6.07) is 17.3. The minimum Gasteiger partial charge on any atom is -0.336 e. The van der Waals surface area contributed by atoms with E-state index in [-0.39, 0.29) is 5.91 Å². The van der Waals surface area contributed by atoms with E-state index in [9.17, 15) is 4.79 Å². The molecule has 6 heteroatoms. The standard InChI is InChI=1S/C21H20ClN3OS/c22-18-8-6-16(7-9-18)19-15-27-20(23-19)14-24-10-12-25(13-11-24)21(26)17-4-2-1-3-5-17/h1-9,15H,10-14H2. The van der Waals surface area contributed by atoms with Crippen LogP contribution in [-0.4, -0.2) is 46.9 Å². The van der Waals surface area contributed by atoms with Crippen molar-refractivity contribution in [3.8, 4) is 11.3 Å². The number of benzene rings is 2. The number of hydrogen-bond donors (Lipinski definition) is 0. The van der Waals surface area contributed by atoms with Crippen LogP contribution in [0.1, 0.15) is 15.4 Å². The summed E-state index contributed by atoms with van der Waals surface area (Å²) in [5.41, 5.74) is 2.84. The Morgan fingerprint density at radius 2 is 1.70 bits per heavy atom. The number of rotatable bonds is 4. The van der Waals surface area contributed by atoms with E-state index in [1.807, 2.05) is 59.5 Å². The molecular weight excluding hydrogens is 378 g/mol. The zero-order valence-electron chi connectivity index (χ0n) is 14.8. The van der Waals surface area contributed by atoms with Gasteiger partial charge in [0.1, 0.15) is 5.01 Å². The molecule has 1 amide bonds. The number of carbonyl (C=O) groups excluding carboxylic acids is 1. The monoisotopic (exact) mass is 397 g/mol. The molecule has 1 aliphatic heterocycles. The van der Waals surface area contributed by atoms with Gasteiger partial charge in [0.05, 0.1) is 12.2 Å². The molecule has 1 fully saturated rings. The normalized spacial score (nSPS) is 15.1. The van der Waals surface area contributed by atoms with Crippen LogP contribution >= 0.6 is 22.9 Å². The molecule has 1 aliphatic rings. The Morgan fingerprint density at radius 1 is 1.00 bits per heavy atom. The Labute approximate surface area is 168 Å². The van der Waals surface area contributed by atoms with Crippen molar-refractivity contribution >= 4 is 28.8 Å². The third kappa shape index (κ3) is 4.38. The molecule has 1 saturated heterocycles. The van der Waals surface area contributed by atoms with E-state index in [1.54, 1.807) is 11.3 Å². The predicted molar refractivity (Wildman–Crippen MR) is 110 cm³/mol. The summed E-state index contributed by atoms with van der Waals surface area (Å²) in [7, 11) is 0. The molecule has 0 unspecified atom stereocenters. The van der Waals surface area contributed by atoms with Crippen molar-refractivity contribution in [1.82, 2.24) is 14.8 Å². The van der Waals surface area contributed by atoms with E-state index in [4.69, 9.17) is 16.6 Å². The van der Waals surface area contributed by atoms with Crippen LogP contribution in [0.2, 0.25) is 5.02 Å². The number of thiazole rings is 1. The molecule has 2 aromatic carbocycles. The molecular formula is C21H20ClN3OS. The van der Waals surface area contributed by atoms with Crippen LogP contribution in [0.3, 0.4) is 0 Å². The lowest BCUT2D eigenvalue weighted by Gasteiger charge is -2.34. The maximum atomic E-state index is 12.5. The molecule has 27 heavy (non-hydrogen) atoms. The van der Waals surface area contributed by atoms with Gasteiger partial charge in [0.25, 0.3) is 5.91 Å². The topological polar surface area (TPSA) is 36.4 Å². The van der Waals surface area contributed by atoms with Gasteiger partial charge in [-0.05, 0) is 24.3 Å². The number of carbonyl (C=O) groups is 1. The van der Waals surface area contributed by atoms with Crippen LogP contribution in [0.15, 0.2) is 60.0 Å². The molecule has 0 N–H and O–H groups in total. The second kappa shape index (κ2) is 8.21. The van der Waals surface area contributed by atoms with Gasteiger partial charge in [-0.25, -0.2) is 4.98 Å². The third-order valence-corrected chi connectivity index (χ3v) is 5.82. The van der Waals surface area contributed by atoms with E-state index in [0.717, 1.165) is 59.6 Å². The maximum Gasteiger partial charge on any atom is 0.253 e. The maximum absolute atomic E-state index is 12.5. The van der Waals surface area contributed by atoms with Gasteiger partial charge in [-0.2, -0.15) is 0 Å². The molecule has 0 bridgehead atoms. The first kappa shape index (κ1) is 18.2. The molecule has 0 spiro atoms. The summed E-state index contributed by atoms with van der Waals surface area (Å²) in [5, 5.41) is 3.92. The first-order chi connectivity index (χ1) is 13.2. The third-order valence-electron chi connectivity index (χ3n) is 4.73. The van der Waals surface area contributed by atoms with Gasteiger partial charge in [0, 0.05) is 47.7 Å². The fourth-order valence-corrected chi connectivity index (χ4v) is 4.17. The molecule has 3 aromatic rings. The van der Waals surface area contributed by atoms with Crippen LogP contribution in [0, 0.1) is 0 Å². The van der Waals surface area contributed by atoms with E-state index in [0.29, 0.717) is 0 Å². The van der Waals surface area contributed by atoms with E-state index in [1.165, 1.54) is 0 Å². The van der Waals surface area contributed by atoms with Gasteiger partial charge >= 0.3 is 0 Å². The smallest absolute Gasteiger partial charge is 0.253 e. The zero-order valence-corrected chi connectivity index (χ0v) is 16.4. The Morgan fingerprint density at radius 3 is 2.41 bits per heavy atom. The molecule has 4 rings (SSSR count). The zero-order chi connectivity index (χ0) is 18.6. The summed E-state index contributed by atoms with van der Waals surface area (Å²) in [5.74, 6) is 0.120. The van der Waals surface area contributed by atoms with E-state index < -0.39 is 0 Å². The highest BCUT2D eigenvalue weighted by atomic mass is 35.5. The highest BCUT2D eigenvalue weighted by molar-refractivity contribution is 7.09. The summed E-state index contributed by atoms with van der Waals surface area (Å²) in [6.07, 6.45) is 0. The molecule has 0 aliphatic carbocycles. The van der Waals surface area contributed by atoms with Crippen LogP contribution < -0.4 is 0 Å². The summed E-state index contributed by atoms with van der Waals surface area (Å²) < 4.78 is 0. The van der Waals surface area contributed by atoms with Crippen molar-refractivity contribution in [2.45, 2.75) is 6.54 Å². The predicted octanol–water partition coefficient (Wildman–Crippen LogP) is 4.42. The van der Waals surface area contributed by atoms with Crippen LogP contribution in [0.4, 0.5) is 0 Å². The van der Waals surface area contributed by atoms with E-state index >= 15 is 0 Å². The molecule has 2 heterocycles. The lowest BCUT2D eigenvalue weighted by Crippen LogP contribution is -2.48. The Hall–Kier alpha value is -2.21. The van der Waals surface area contributed by atoms with Crippen molar-refractivity contribution in [1.29, 1.82) is 0 Å². The van der Waals surface area contributed by atoms with Gasteiger partial charge in [-0.1, -0.05) is 41.9 Å². The van der Waals surface area contributed by atoms with Crippen molar-refractivity contribution in [3.63, 3.8) is 0 Å². The minimum atomic E-state index is 0.120. The summed E-state index contributed by atoms with van der Waals surface area (Å²) >= 11 is 7.63. The van der Waals surface area contributed by atoms with Crippen molar-refractivity contribution < 1.29 is 4.79 Å². The number of hydrogen-bond acceptors (Lipinski definition) is 4. The second-order valence-electron chi connectivity index (χ2n) is 6.57. The van der Waals surface area contributed by atoms with Gasteiger partial charge in [0.2, 0.25) is 0 Å². The number of piperazine rings is 1. The van der Waals surface area contributed by atoms with Gasteiger partial charge < -0.3 is 4.90 Å². The number of halogens is 1. The van der Waals surface area contributed by atoms with Crippen LogP contribution in [0.25, 0.3) is 11.3 Å². The lowest BCUT2D eigenvalue weighted by molar-refractivity contribution is 0.0628. The van der Waals surface area contributed by atoms with Crippen molar-refractivity contribution in [2.24, 2.45) is 0 Å². The fourth-order valence-electron chi connectivity index (χ4n) is 3.20. The van der Waals surface area contributed by atoms with Crippen LogP contribution in [0.5, 0.6) is 0 Å². The van der Waals surface area contributed by atoms with Gasteiger partial charge in [0.15, 0.2) is 0 Å². The minimum absolute atomic E-state index is 0.120. The van der Waals surface area contributed by atoms with Crippen molar-refractivity contribution in [3.05, 3.63) is 75.6 Å². The quantitative estimate of drug-likeness (QED) is 0.653. The van der Waals surface area contributed by atoms with Crippen LogP contribution in [-0.2, 0) is 6.54 Å². The highest BCUT2D eigenvalue weighted by Crippen LogP contribution is 2.24. The SMILES string of the molecule is O=C(c1ccccc1)N1CCN(Cc2nc(-c3ccc(Cl)cc3)cs2)CC1. The Bertz CT molecular complexity index is 903. The molecule has 138 valence electrons. The van der Waals surface area contributed by atoms with Gasteiger partial charge in [-0.3, -0.25) is 9.69 Å². The lowest BCUT2D eigenvalue weighted by atomic mass is 10.2. The average Bonchev–Trinajstić information content (AvgIpc) is 3.18. The number of aromatic nitrogens is 1. The second-order valence-corrected chi connectivity index (χ2v) is 7.95. The van der Waals surface area contributed by atoms with Gasteiger partial charge in [-0.15, -0.1) is 11.3 Å². The fraction of sp³-hybridized carbons (Fsp3) is 0.238. The molecule has 1 aromatic heterocycles. The first-order valence-corrected chi connectivity index (χ1v) is 10.2. The molecule has 0 saturated carbocycles. The summed E-state index contributed by atoms with van der Waals surface area (Å²) in [4.78, 5) is 21.6. The van der Waals surface area contributed by atoms with Crippen molar-refractivity contribution in [2.75, 3.05) is 26.2 Å². The largest absolute Gasteiger partial charge is 0.336 e. The number of amides is 1. The number of nitrogens with zero attached hydrogens (tertiary/aromatic N) is 3. The Kier molecular flexibility index (Phi) is 5.53. The highest BCUT2D eigenvalue weighted by Gasteiger charge is 2.22. The molecule has 4 nitrogen and oxygen atoms in total. The first-order valence-electron chi connectivity index (χ1n) is 8.96. The summed E-state index contributed by atoms with van der Waals surface area (Å²) in [6.45, 7) is 4.07. The Balaban J connectivity index is 1.33. The van der Waals surface area contributed by atoms with E-state index in [2.05, 4.69) is 10.3 Å².